The van der Waals surface area contributed by atoms with E-state index in [1.54, 1.807) is 18.5 Å². The van der Waals surface area contributed by atoms with E-state index in [4.69, 9.17) is 17.0 Å². The van der Waals surface area contributed by atoms with Gasteiger partial charge in [0.15, 0.2) is 5.82 Å². The van der Waals surface area contributed by atoms with E-state index in [0.717, 1.165) is 28.2 Å². The summed E-state index contributed by atoms with van der Waals surface area (Å²) in [6, 6.07) is 14.1. The predicted octanol–water partition coefficient (Wildman–Crippen LogP) is 5.73. The summed E-state index contributed by atoms with van der Waals surface area (Å²) in [7, 11) is 0. The highest BCUT2D eigenvalue weighted by molar-refractivity contribution is 7.71. The maximum absolute atomic E-state index is 5.81. The van der Waals surface area contributed by atoms with Gasteiger partial charge in [0.1, 0.15) is 17.0 Å². The van der Waals surface area contributed by atoms with Crippen LogP contribution in [-0.4, -0.2) is 14.5 Å². The van der Waals surface area contributed by atoms with Gasteiger partial charge < -0.3 is 9.30 Å². The van der Waals surface area contributed by atoms with Crippen molar-refractivity contribution >= 4 is 12.2 Å². The van der Waals surface area contributed by atoms with E-state index in [1.807, 2.05) is 32.9 Å². The maximum Gasteiger partial charge on any atom is 0.166 e. The Morgan fingerprint density at radius 3 is 2.43 bits per heavy atom. The van der Waals surface area contributed by atoms with Crippen LogP contribution in [0.1, 0.15) is 49.3 Å². The molecular formula is C25H27N3OS. The average Bonchev–Trinajstić information content (AvgIpc) is 3.61. The molecule has 0 aliphatic heterocycles. The number of ether oxygens (including phenoxy) is 1. The summed E-state index contributed by atoms with van der Waals surface area (Å²) in [5.74, 6) is 8.55. The summed E-state index contributed by atoms with van der Waals surface area (Å²) in [6.45, 7) is 7.09. The molecule has 1 aliphatic carbocycles. The number of aromatic nitrogens is 3. The molecule has 0 atom stereocenters. The standard InChI is InChI=1S/C23H21N3OS.C2H6/c1-17-13-21(27-16-22-24-11-2-12-25-22)14-23(28)26(17)15-20-9-7-19(8-10-20)6-5-18-3-4-18;1-2/h2,7-14,18H,3-4,15-16H2,1H3;1-2H3. The smallest absolute Gasteiger partial charge is 0.166 e. The van der Waals surface area contributed by atoms with Gasteiger partial charge in [-0.3, -0.25) is 0 Å². The van der Waals surface area contributed by atoms with Crippen LogP contribution in [0, 0.1) is 29.3 Å². The van der Waals surface area contributed by atoms with Gasteiger partial charge in [-0.25, -0.2) is 9.97 Å². The van der Waals surface area contributed by atoms with E-state index in [0.29, 0.717) is 18.3 Å². The molecule has 1 saturated carbocycles. The third-order valence-electron chi connectivity index (χ3n) is 4.59. The first-order chi connectivity index (χ1) is 14.7. The highest BCUT2D eigenvalue weighted by atomic mass is 32.1. The van der Waals surface area contributed by atoms with E-state index < -0.39 is 0 Å². The minimum Gasteiger partial charge on any atom is -0.485 e. The van der Waals surface area contributed by atoms with Crippen molar-refractivity contribution in [2.75, 3.05) is 0 Å². The van der Waals surface area contributed by atoms with Crippen molar-refractivity contribution in [2.45, 2.75) is 46.8 Å². The topological polar surface area (TPSA) is 39.9 Å². The molecule has 1 fully saturated rings. The molecule has 0 bridgehead atoms. The average molecular weight is 418 g/mol. The van der Waals surface area contributed by atoms with Crippen molar-refractivity contribution in [1.29, 1.82) is 0 Å². The van der Waals surface area contributed by atoms with Gasteiger partial charge in [-0.2, -0.15) is 0 Å². The minimum absolute atomic E-state index is 0.322. The van der Waals surface area contributed by atoms with Crippen LogP contribution in [0.25, 0.3) is 0 Å². The summed E-state index contributed by atoms with van der Waals surface area (Å²) in [5, 5.41) is 0. The fraction of sp³-hybridized carbons (Fsp3) is 0.320. The third kappa shape index (κ3) is 6.27. The van der Waals surface area contributed by atoms with Crippen LogP contribution in [0.4, 0.5) is 0 Å². The zero-order valence-corrected chi connectivity index (χ0v) is 18.6. The number of pyridine rings is 1. The molecule has 3 aromatic rings. The minimum atomic E-state index is 0.322. The molecule has 0 radical (unpaired) electrons. The second-order valence-electron chi connectivity index (χ2n) is 6.95. The first-order valence-corrected chi connectivity index (χ1v) is 10.8. The van der Waals surface area contributed by atoms with Crippen molar-refractivity contribution < 1.29 is 4.74 Å². The Morgan fingerprint density at radius 2 is 1.80 bits per heavy atom. The van der Waals surface area contributed by atoms with Crippen LogP contribution < -0.4 is 4.74 Å². The molecule has 0 N–H and O–H groups in total. The van der Waals surface area contributed by atoms with Gasteiger partial charge in [-0.05, 0) is 49.6 Å². The Labute approximate surface area is 184 Å². The van der Waals surface area contributed by atoms with E-state index in [1.165, 1.54) is 18.4 Å². The summed E-state index contributed by atoms with van der Waals surface area (Å²) >= 11 is 5.59. The van der Waals surface area contributed by atoms with Gasteiger partial charge in [0.25, 0.3) is 0 Å². The molecular weight excluding hydrogens is 390 g/mol. The first kappa shape index (κ1) is 21.7. The fourth-order valence-electron chi connectivity index (χ4n) is 2.83. The summed E-state index contributed by atoms with van der Waals surface area (Å²) < 4.78 is 8.65. The van der Waals surface area contributed by atoms with Crippen molar-refractivity contribution in [3.8, 4) is 17.6 Å². The molecule has 4 rings (SSSR count). The fourth-order valence-corrected chi connectivity index (χ4v) is 3.15. The molecule has 0 unspecified atom stereocenters. The lowest BCUT2D eigenvalue weighted by atomic mass is 10.1. The lowest BCUT2D eigenvalue weighted by molar-refractivity contribution is 0.294. The molecule has 2 aromatic heterocycles. The largest absolute Gasteiger partial charge is 0.485 e. The van der Waals surface area contributed by atoms with Crippen molar-refractivity contribution in [2.24, 2.45) is 5.92 Å². The molecule has 154 valence electrons. The molecule has 0 amide bonds. The lowest BCUT2D eigenvalue weighted by Gasteiger charge is -2.14. The highest BCUT2D eigenvalue weighted by Gasteiger charge is 2.17. The predicted molar refractivity (Wildman–Crippen MR) is 123 cm³/mol. The monoisotopic (exact) mass is 417 g/mol. The maximum atomic E-state index is 5.81. The Morgan fingerprint density at radius 1 is 1.10 bits per heavy atom. The Bertz CT molecular complexity index is 1080. The number of benzene rings is 1. The third-order valence-corrected chi connectivity index (χ3v) is 4.93. The van der Waals surface area contributed by atoms with Crippen LogP contribution in [0.3, 0.4) is 0 Å². The van der Waals surface area contributed by atoms with Crippen molar-refractivity contribution in [3.05, 3.63) is 82.1 Å². The Balaban J connectivity index is 0.00000124. The van der Waals surface area contributed by atoms with E-state index in [2.05, 4.69) is 50.6 Å². The molecule has 0 spiro atoms. The second kappa shape index (κ2) is 10.7. The quantitative estimate of drug-likeness (QED) is 0.393. The molecule has 1 aromatic carbocycles. The normalized spacial score (nSPS) is 12.2. The first-order valence-electron chi connectivity index (χ1n) is 10.4. The van der Waals surface area contributed by atoms with Crippen LogP contribution in [-0.2, 0) is 13.2 Å². The second-order valence-corrected chi connectivity index (χ2v) is 7.37. The number of hydrogen-bond acceptors (Lipinski definition) is 4. The number of rotatable bonds is 5. The highest BCUT2D eigenvalue weighted by Crippen LogP contribution is 2.27. The van der Waals surface area contributed by atoms with Crippen LogP contribution >= 0.6 is 12.2 Å². The SMILES string of the molecule is CC.Cc1cc(OCc2ncccn2)cc(=S)n1Cc1ccc(C#CC2CC2)cc1. The van der Waals surface area contributed by atoms with Gasteiger partial charge in [-0.1, -0.05) is 50.0 Å². The van der Waals surface area contributed by atoms with Gasteiger partial charge >= 0.3 is 0 Å². The van der Waals surface area contributed by atoms with Crippen molar-refractivity contribution in [1.82, 2.24) is 14.5 Å². The van der Waals surface area contributed by atoms with Gasteiger partial charge in [0.05, 0.1) is 0 Å². The summed E-state index contributed by atoms with van der Waals surface area (Å²) in [4.78, 5) is 8.34. The molecule has 5 heteroatoms. The number of hydrogen-bond donors (Lipinski definition) is 0. The Hall–Kier alpha value is -2.97. The van der Waals surface area contributed by atoms with E-state index in [-0.39, 0.29) is 0 Å². The number of aryl methyl sites for hydroxylation is 1. The van der Waals surface area contributed by atoms with Crippen LogP contribution in [0.2, 0.25) is 0 Å². The molecule has 30 heavy (non-hydrogen) atoms. The Kier molecular flexibility index (Phi) is 7.75. The molecule has 0 saturated heterocycles. The van der Waals surface area contributed by atoms with E-state index >= 15 is 0 Å². The van der Waals surface area contributed by atoms with E-state index in [9.17, 15) is 0 Å². The lowest BCUT2D eigenvalue weighted by Crippen LogP contribution is -2.07. The molecule has 4 nitrogen and oxygen atoms in total. The van der Waals surface area contributed by atoms with Gasteiger partial charge in [0, 0.05) is 42.2 Å². The van der Waals surface area contributed by atoms with Crippen molar-refractivity contribution in [3.63, 3.8) is 0 Å². The number of nitrogens with zero attached hydrogens (tertiary/aromatic N) is 3. The molecule has 2 heterocycles. The van der Waals surface area contributed by atoms with Gasteiger partial charge in [0.2, 0.25) is 0 Å². The summed E-state index contributed by atoms with van der Waals surface area (Å²) in [6.07, 6.45) is 5.91. The zero-order valence-electron chi connectivity index (χ0n) is 17.8. The van der Waals surface area contributed by atoms with Gasteiger partial charge in [-0.15, -0.1) is 0 Å². The van der Waals surface area contributed by atoms with Crippen LogP contribution in [0.15, 0.2) is 54.9 Å². The summed E-state index contributed by atoms with van der Waals surface area (Å²) in [5.41, 5.74) is 3.32. The zero-order chi connectivity index (χ0) is 21.3. The molecule has 1 aliphatic rings. The van der Waals surface area contributed by atoms with Crippen LogP contribution in [0.5, 0.6) is 5.75 Å².